The summed E-state index contributed by atoms with van der Waals surface area (Å²) in [5.41, 5.74) is 0.127. The van der Waals surface area contributed by atoms with E-state index in [9.17, 15) is 18.4 Å². The van der Waals surface area contributed by atoms with Crippen molar-refractivity contribution in [3.8, 4) is 0 Å². The fourth-order valence-corrected chi connectivity index (χ4v) is 2.30. The normalized spacial score (nSPS) is 9.03. The fraction of sp³-hybridized carbons (Fsp3) is 0.125. The Morgan fingerprint density at radius 1 is 0.966 bits per heavy atom. The van der Waals surface area contributed by atoms with Crippen molar-refractivity contribution >= 4 is 74.4 Å². The first-order valence-electron chi connectivity index (χ1n) is 6.91. The molecule has 162 valence electrons. The van der Waals surface area contributed by atoms with E-state index in [4.69, 9.17) is 14.4 Å². The van der Waals surface area contributed by atoms with Crippen molar-refractivity contribution in [2.75, 3.05) is 14.2 Å². The van der Waals surface area contributed by atoms with Crippen LogP contribution in [0.4, 0.5) is 8.78 Å². The van der Waals surface area contributed by atoms with Gasteiger partial charge in [0.05, 0.1) is 27.2 Å². The van der Waals surface area contributed by atoms with Gasteiger partial charge in [0.25, 0.3) is 0 Å². The molecule has 0 fully saturated rings. The van der Waals surface area contributed by atoms with Crippen molar-refractivity contribution in [1.82, 2.24) is 0 Å². The minimum atomic E-state index is -1.67. The minimum absolute atomic E-state index is 0.00694. The van der Waals surface area contributed by atoms with Gasteiger partial charge >= 0.3 is 11.9 Å². The zero-order chi connectivity index (χ0) is 23.1. The van der Waals surface area contributed by atoms with Crippen LogP contribution in [0, 0.1) is 11.6 Å². The molecule has 2 aromatic rings. The van der Waals surface area contributed by atoms with E-state index in [0.29, 0.717) is 0 Å². The molecule has 0 aliphatic rings. The average molecular weight is 603 g/mol. The number of aliphatic hydroxyl groups is 1. The quantitative estimate of drug-likeness (QED) is 0.357. The average Bonchev–Trinajstić information content (AvgIpc) is 2.67. The summed E-state index contributed by atoms with van der Waals surface area (Å²) >= 11 is 5.77. The number of aromatic carboxylic acids is 1. The molecule has 0 aliphatic heterocycles. The first-order chi connectivity index (χ1) is 13.5. The summed E-state index contributed by atoms with van der Waals surface area (Å²) in [5.74, 6) is -2.74. The highest BCUT2D eigenvalue weighted by Crippen LogP contribution is 2.21. The van der Waals surface area contributed by atoms with Crippen LogP contribution in [0.5, 0.6) is 0 Å². The maximum atomic E-state index is 12.8. The Bertz CT molecular complexity index is 839. The smallest absolute Gasteiger partial charge is 0.339 e. The highest BCUT2D eigenvalue weighted by atomic mass is 79.9. The van der Waals surface area contributed by atoms with Crippen LogP contribution in [-0.4, -0.2) is 40.6 Å². The summed E-state index contributed by atoms with van der Waals surface area (Å²) in [6.45, 7) is 0. The van der Waals surface area contributed by atoms with Gasteiger partial charge in [0.2, 0.25) is 9.23 Å². The Morgan fingerprint density at radius 2 is 1.31 bits per heavy atom. The van der Waals surface area contributed by atoms with E-state index in [-0.39, 0.29) is 20.1 Å². The van der Waals surface area contributed by atoms with Crippen molar-refractivity contribution in [1.29, 1.82) is 0 Å². The Morgan fingerprint density at radius 3 is 1.62 bits per heavy atom. The second kappa shape index (κ2) is 16.7. The van der Waals surface area contributed by atoms with Gasteiger partial charge in [-0.25, -0.2) is 22.6 Å². The molecule has 0 spiro atoms. The standard InChI is InChI=1S/C8H6BrFO2.C7H4BrFO2.CH4O.Cl2OS/c1-12-8(11)5-3-2-4-6(10)7(5)9;8-6-4(7(10)11)2-1-3-5(6)9;1-2;1-4(2)3/h2-4H,1H3;1-3H,(H,10,11);2H,1H3;. The third kappa shape index (κ3) is 12.2. The number of halogens is 6. The fourth-order valence-electron chi connectivity index (χ4n) is 1.44. The third-order valence-electron chi connectivity index (χ3n) is 2.54. The van der Waals surface area contributed by atoms with E-state index >= 15 is 0 Å². The molecular weight excluding hydrogens is 589 g/mol. The van der Waals surface area contributed by atoms with E-state index in [1.807, 2.05) is 0 Å². The van der Waals surface area contributed by atoms with Gasteiger partial charge in [0.15, 0.2) is 0 Å². The summed E-state index contributed by atoms with van der Waals surface area (Å²) in [7, 11) is 9.61. The lowest BCUT2D eigenvalue weighted by atomic mass is 10.2. The van der Waals surface area contributed by atoms with Crippen molar-refractivity contribution in [2.45, 2.75) is 0 Å². The lowest BCUT2D eigenvalue weighted by Crippen LogP contribution is -2.02. The molecule has 0 radical (unpaired) electrons. The van der Waals surface area contributed by atoms with Crippen LogP contribution >= 0.6 is 53.2 Å². The number of hydrogen-bond acceptors (Lipinski definition) is 5. The van der Waals surface area contributed by atoms with Gasteiger partial charge < -0.3 is 14.9 Å². The summed E-state index contributed by atoms with van der Waals surface area (Å²) in [6.07, 6.45) is 0. The van der Waals surface area contributed by atoms with Crippen LogP contribution in [0.1, 0.15) is 20.7 Å². The SMILES string of the molecule is CO.COC(=O)c1cccc(F)c1Br.O=C(O)c1cccc(F)c1Br.O=S(Cl)Cl. The third-order valence-corrected chi connectivity index (χ3v) is 4.15. The van der Waals surface area contributed by atoms with Crippen molar-refractivity contribution in [3.63, 3.8) is 0 Å². The molecule has 6 nitrogen and oxygen atoms in total. The number of aliphatic hydroxyl groups excluding tert-OH is 1. The summed E-state index contributed by atoms with van der Waals surface area (Å²) in [4.78, 5) is 21.3. The Balaban J connectivity index is 0. The highest BCUT2D eigenvalue weighted by molar-refractivity contribution is 9.10. The number of methoxy groups -OCH3 is 1. The minimum Gasteiger partial charge on any atom is -0.478 e. The van der Waals surface area contributed by atoms with E-state index in [0.717, 1.165) is 7.11 Å². The molecule has 2 N–H and O–H groups in total. The first-order valence-corrected chi connectivity index (χ1v) is 11.3. The lowest BCUT2D eigenvalue weighted by molar-refractivity contribution is 0.0598. The van der Waals surface area contributed by atoms with Gasteiger partial charge in [-0.05, 0) is 56.1 Å². The number of carboxylic acids is 1. The number of carbonyl (C=O) groups is 2. The molecule has 2 rings (SSSR count). The second-order valence-corrected chi connectivity index (χ2v) is 8.29. The Hall–Kier alpha value is -1.11. The van der Waals surface area contributed by atoms with Gasteiger partial charge in [-0.15, -0.1) is 0 Å². The van der Waals surface area contributed by atoms with E-state index in [1.165, 1.54) is 43.5 Å². The predicted octanol–water partition coefficient (Wildman–Crippen LogP) is 5.31. The van der Waals surface area contributed by atoms with E-state index in [1.54, 1.807) is 0 Å². The lowest BCUT2D eigenvalue weighted by Gasteiger charge is -2.01. The molecule has 13 heteroatoms. The van der Waals surface area contributed by atoms with E-state index < -0.39 is 32.8 Å². The van der Waals surface area contributed by atoms with Crippen LogP contribution in [0.2, 0.25) is 0 Å². The van der Waals surface area contributed by atoms with Crippen LogP contribution in [0.15, 0.2) is 45.3 Å². The van der Waals surface area contributed by atoms with Crippen molar-refractivity contribution < 1.29 is 37.5 Å². The van der Waals surface area contributed by atoms with Gasteiger partial charge in [-0.1, -0.05) is 12.1 Å². The number of carboxylic acid groups (broad SMARTS) is 1. The summed E-state index contributed by atoms with van der Waals surface area (Å²) in [6, 6.07) is 8.07. The molecule has 0 aliphatic carbocycles. The maximum Gasteiger partial charge on any atom is 0.339 e. The summed E-state index contributed by atoms with van der Waals surface area (Å²) < 4.78 is 39.1. The molecule has 0 bridgehead atoms. The summed E-state index contributed by atoms with van der Waals surface area (Å²) in [5, 5.41) is 15.5. The topological polar surface area (TPSA) is 101 Å². The molecule has 0 amide bonds. The maximum absolute atomic E-state index is 12.8. The Labute approximate surface area is 193 Å². The van der Waals surface area contributed by atoms with Crippen molar-refractivity contribution in [3.05, 3.63) is 68.1 Å². The molecule has 0 heterocycles. The van der Waals surface area contributed by atoms with Crippen LogP contribution < -0.4 is 0 Å². The number of carbonyl (C=O) groups excluding carboxylic acids is 1. The number of hydrogen-bond donors (Lipinski definition) is 2. The van der Waals surface area contributed by atoms with Gasteiger partial charge in [-0.3, -0.25) is 0 Å². The monoisotopic (exact) mass is 600 g/mol. The zero-order valence-electron chi connectivity index (χ0n) is 14.7. The highest BCUT2D eigenvalue weighted by Gasteiger charge is 2.12. The van der Waals surface area contributed by atoms with Crippen LogP contribution in [0.3, 0.4) is 0 Å². The Kier molecular flexibility index (Phi) is 17.3. The molecule has 0 saturated carbocycles. The molecule has 0 saturated heterocycles. The number of rotatable bonds is 2. The number of benzene rings is 2. The zero-order valence-corrected chi connectivity index (χ0v) is 20.2. The molecule has 0 unspecified atom stereocenters. The number of esters is 1. The molecule has 29 heavy (non-hydrogen) atoms. The largest absolute Gasteiger partial charge is 0.478 e. The van der Waals surface area contributed by atoms with E-state index in [2.05, 4.69) is 58.0 Å². The first kappa shape index (κ1) is 30.1. The molecule has 2 aromatic carbocycles. The van der Waals surface area contributed by atoms with Crippen molar-refractivity contribution in [2.24, 2.45) is 0 Å². The van der Waals surface area contributed by atoms with Gasteiger partial charge in [-0.2, -0.15) is 0 Å². The molecule has 0 atom stereocenters. The van der Waals surface area contributed by atoms with Gasteiger partial charge in [0.1, 0.15) is 11.6 Å². The molecule has 0 aromatic heterocycles. The number of ether oxygens (including phenoxy) is 1. The molecular formula is C16H14Br2Cl2F2O6S. The second-order valence-electron chi connectivity index (χ2n) is 4.18. The van der Waals surface area contributed by atoms with Crippen LogP contribution in [0.25, 0.3) is 0 Å². The van der Waals surface area contributed by atoms with Crippen LogP contribution in [-0.2, 0) is 14.0 Å². The predicted molar refractivity (Wildman–Crippen MR) is 114 cm³/mol. The van der Waals surface area contributed by atoms with Gasteiger partial charge in [0, 0.05) is 28.5 Å².